The van der Waals surface area contributed by atoms with Gasteiger partial charge < -0.3 is 5.32 Å². The number of hydrogen-bond acceptors (Lipinski definition) is 1. The lowest BCUT2D eigenvalue weighted by molar-refractivity contribution is -0.00490. The zero-order valence-electron chi connectivity index (χ0n) is 10.3. The molecule has 0 aliphatic rings. The van der Waals surface area contributed by atoms with Crippen LogP contribution in [0.3, 0.4) is 0 Å². The Morgan fingerprint density at radius 3 is 2.31 bits per heavy atom. The zero-order chi connectivity index (χ0) is 12.3. The molecule has 0 amide bonds. The summed E-state index contributed by atoms with van der Waals surface area (Å²) < 4.78 is 27.5. The number of rotatable bonds is 4. The highest BCUT2D eigenvalue weighted by Crippen LogP contribution is 2.28. The van der Waals surface area contributed by atoms with Gasteiger partial charge in [0.25, 0.3) is 5.92 Å². The molecule has 0 radical (unpaired) electrons. The van der Waals surface area contributed by atoms with Crippen molar-refractivity contribution in [3.05, 3.63) is 34.9 Å². The first-order valence-electron chi connectivity index (χ1n) is 5.52. The molecule has 1 nitrogen and oxygen atoms in total. The first kappa shape index (κ1) is 13.1. The second-order valence-electron chi connectivity index (χ2n) is 4.54. The molecular formula is C13H19F2N. The number of halogens is 2. The first-order chi connectivity index (χ1) is 7.33. The fourth-order valence-corrected chi connectivity index (χ4v) is 1.40. The summed E-state index contributed by atoms with van der Waals surface area (Å²) in [5, 5.41) is 2.77. The van der Waals surface area contributed by atoms with Crippen molar-refractivity contribution in [2.45, 2.75) is 39.7 Å². The molecule has 0 bridgehead atoms. The summed E-state index contributed by atoms with van der Waals surface area (Å²) in [5.41, 5.74) is 2.03. The van der Waals surface area contributed by atoms with Crippen molar-refractivity contribution in [2.24, 2.45) is 0 Å². The number of nitrogens with one attached hydrogen (secondary N) is 1. The maximum atomic E-state index is 13.8. The minimum atomic E-state index is -2.80. The Bertz CT molecular complexity index is 359. The van der Waals surface area contributed by atoms with Gasteiger partial charge in [0, 0.05) is 11.6 Å². The molecule has 16 heavy (non-hydrogen) atoms. The summed E-state index contributed by atoms with van der Waals surface area (Å²) in [6.07, 6.45) is 0. The standard InChI is InChI=1S/C13H19F2N/c1-9(2)16-8-13(14,15)12-6-5-10(3)11(4)7-12/h5-7,9,16H,8H2,1-4H3. The second-order valence-corrected chi connectivity index (χ2v) is 4.54. The normalized spacial score (nSPS) is 12.2. The lowest BCUT2D eigenvalue weighted by Gasteiger charge is -2.20. The van der Waals surface area contributed by atoms with E-state index in [0.29, 0.717) is 0 Å². The Morgan fingerprint density at radius 2 is 1.81 bits per heavy atom. The van der Waals surface area contributed by atoms with Crippen LogP contribution >= 0.6 is 0 Å². The average molecular weight is 227 g/mol. The SMILES string of the molecule is Cc1ccc(C(F)(F)CNC(C)C)cc1C. The minimum Gasteiger partial charge on any atom is -0.309 e. The molecular weight excluding hydrogens is 208 g/mol. The largest absolute Gasteiger partial charge is 0.309 e. The van der Waals surface area contributed by atoms with Crippen LogP contribution < -0.4 is 5.32 Å². The lowest BCUT2D eigenvalue weighted by atomic mass is 10.0. The predicted octanol–water partition coefficient (Wildman–Crippen LogP) is 3.39. The van der Waals surface area contributed by atoms with Crippen LogP contribution in [0.25, 0.3) is 0 Å². The van der Waals surface area contributed by atoms with Gasteiger partial charge in [-0.2, -0.15) is 8.78 Å². The van der Waals surface area contributed by atoms with Crippen molar-refractivity contribution in [2.75, 3.05) is 6.54 Å². The number of aryl methyl sites for hydroxylation is 2. The highest BCUT2D eigenvalue weighted by Gasteiger charge is 2.31. The van der Waals surface area contributed by atoms with Gasteiger partial charge in [-0.1, -0.05) is 26.0 Å². The van der Waals surface area contributed by atoms with E-state index in [9.17, 15) is 8.78 Å². The molecule has 1 N–H and O–H groups in total. The van der Waals surface area contributed by atoms with E-state index in [1.807, 2.05) is 27.7 Å². The highest BCUT2D eigenvalue weighted by molar-refractivity contribution is 5.32. The van der Waals surface area contributed by atoms with E-state index in [1.165, 1.54) is 6.07 Å². The van der Waals surface area contributed by atoms with Crippen molar-refractivity contribution in [1.82, 2.24) is 5.32 Å². The zero-order valence-corrected chi connectivity index (χ0v) is 10.3. The Morgan fingerprint density at radius 1 is 1.19 bits per heavy atom. The van der Waals surface area contributed by atoms with Gasteiger partial charge in [0.1, 0.15) is 0 Å². The van der Waals surface area contributed by atoms with Gasteiger partial charge in [-0.25, -0.2) is 0 Å². The molecule has 0 aromatic heterocycles. The van der Waals surface area contributed by atoms with Crippen molar-refractivity contribution in [3.8, 4) is 0 Å². The van der Waals surface area contributed by atoms with Gasteiger partial charge in [-0.05, 0) is 31.0 Å². The molecule has 0 aliphatic carbocycles. The fourth-order valence-electron chi connectivity index (χ4n) is 1.40. The van der Waals surface area contributed by atoms with Crippen LogP contribution in [-0.2, 0) is 5.92 Å². The molecule has 0 aliphatic heterocycles. The molecule has 3 heteroatoms. The van der Waals surface area contributed by atoms with E-state index in [4.69, 9.17) is 0 Å². The number of benzene rings is 1. The summed E-state index contributed by atoms with van der Waals surface area (Å²) in [5.74, 6) is -2.80. The van der Waals surface area contributed by atoms with Crippen molar-refractivity contribution in [1.29, 1.82) is 0 Å². The molecule has 0 saturated carbocycles. The molecule has 1 aromatic carbocycles. The van der Waals surface area contributed by atoms with E-state index < -0.39 is 5.92 Å². The van der Waals surface area contributed by atoms with Gasteiger partial charge in [0.05, 0.1) is 6.54 Å². The first-order valence-corrected chi connectivity index (χ1v) is 5.52. The third-order valence-corrected chi connectivity index (χ3v) is 2.66. The van der Waals surface area contributed by atoms with E-state index in [0.717, 1.165) is 11.1 Å². The molecule has 90 valence electrons. The van der Waals surface area contributed by atoms with Crippen LogP contribution in [0, 0.1) is 13.8 Å². The smallest absolute Gasteiger partial charge is 0.285 e. The monoisotopic (exact) mass is 227 g/mol. The fraction of sp³-hybridized carbons (Fsp3) is 0.538. The third kappa shape index (κ3) is 3.27. The van der Waals surface area contributed by atoms with Gasteiger partial charge in [-0.15, -0.1) is 0 Å². The molecule has 0 unspecified atom stereocenters. The van der Waals surface area contributed by atoms with Crippen LogP contribution in [0.2, 0.25) is 0 Å². The highest BCUT2D eigenvalue weighted by atomic mass is 19.3. The van der Waals surface area contributed by atoms with Crippen LogP contribution in [-0.4, -0.2) is 12.6 Å². The Labute approximate surface area is 95.9 Å². The summed E-state index contributed by atoms with van der Waals surface area (Å²) in [4.78, 5) is 0. The Hall–Kier alpha value is -0.960. The van der Waals surface area contributed by atoms with Crippen LogP contribution in [0.15, 0.2) is 18.2 Å². The van der Waals surface area contributed by atoms with Crippen LogP contribution in [0.5, 0.6) is 0 Å². The molecule has 1 aromatic rings. The maximum Gasteiger partial charge on any atom is 0.285 e. The van der Waals surface area contributed by atoms with Crippen molar-refractivity contribution < 1.29 is 8.78 Å². The summed E-state index contributed by atoms with van der Waals surface area (Å²) >= 11 is 0. The molecule has 0 atom stereocenters. The van der Waals surface area contributed by atoms with Gasteiger partial charge in [0.15, 0.2) is 0 Å². The molecule has 0 saturated heterocycles. The number of alkyl halides is 2. The maximum absolute atomic E-state index is 13.8. The van der Waals surface area contributed by atoms with Gasteiger partial charge in [-0.3, -0.25) is 0 Å². The van der Waals surface area contributed by atoms with Crippen LogP contribution in [0.1, 0.15) is 30.5 Å². The van der Waals surface area contributed by atoms with E-state index >= 15 is 0 Å². The number of hydrogen-bond donors (Lipinski definition) is 1. The van der Waals surface area contributed by atoms with Crippen LogP contribution in [0.4, 0.5) is 8.78 Å². The summed E-state index contributed by atoms with van der Waals surface area (Å²) in [6.45, 7) is 7.18. The summed E-state index contributed by atoms with van der Waals surface area (Å²) in [7, 11) is 0. The van der Waals surface area contributed by atoms with Gasteiger partial charge in [0.2, 0.25) is 0 Å². The van der Waals surface area contributed by atoms with E-state index in [2.05, 4.69) is 5.32 Å². The minimum absolute atomic E-state index is 0.0671. The second kappa shape index (κ2) is 4.91. The lowest BCUT2D eigenvalue weighted by Crippen LogP contribution is -2.34. The van der Waals surface area contributed by atoms with Crippen molar-refractivity contribution in [3.63, 3.8) is 0 Å². The van der Waals surface area contributed by atoms with Crippen molar-refractivity contribution >= 4 is 0 Å². The molecule has 0 spiro atoms. The van der Waals surface area contributed by atoms with E-state index in [1.54, 1.807) is 12.1 Å². The third-order valence-electron chi connectivity index (χ3n) is 2.66. The molecule has 1 rings (SSSR count). The predicted molar refractivity (Wildman–Crippen MR) is 62.9 cm³/mol. The average Bonchev–Trinajstić information content (AvgIpc) is 2.19. The molecule has 0 fully saturated rings. The quantitative estimate of drug-likeness (QED) is 0.831. The summed E-state index contributed by atoms with van der Waals surface area (Å²) in [6, 6.07) is 4.88. The van der Waals surface area contributed by atoms with E-state index in [-0.39, 0.29) is 18.2 Å². The van der Waals surface area contributed by atoms with Gasteiger partial charge >= 0.3 is 0 Å². The topological polar surface area (TPSA) is 12.0 Å². The Kier molecular flexibility index (Phi) is 4.03. The molecule has 0 heterocycles. The Balaban J connectivity index is 2.84.